The van der Waals surface area contributed by atoms with Crippen LogP contribution in [0.25, 0.3) is 22.6 Å². The molecule has 2 amide bonds. The lowest BCUT2D eigenvalue weighted by Gasteiger charge is -2.27. The predicted molar refractivity (Wildman–Crippen MR) is 180 cm³/mol. The number of fused-ring (bicyclic) bond motifs is 1. The van der Waals surface area contributed by atoms with Gasteiger partial charge in [-0.05, 0) is 75.6 Å². The second kappa shape index (κ2) is 13.2. The first-order chi connectivity index (χ1) is 23.2. The van der Waals surface area contributed by atoms with E-state index in [9.17, 15) is 19.0 Å². The largest absolute Gasteiger partial charge is 0.497 e. The van der Waals surface area contributed by atoms with Gasteiger partial charge in [0.15, 0.2) is 0 Å². The number of carbonyl (C=O) groups excluding carboxylic acids is 2. The molecule has 1 aromatic heterocycles. The summed E-state index contributed by atoms with van der Waals surface area (Å²) in [4.78, 5) is 38.1. The lowest BCUT2D eigenvalue weighted by Crippen LogP contribution is -2.49. The van der Waals surface area contributed by atoms with Crippen LogP contribution in [0.3, 0.4) is 0 Å². The molecule has 2 N–H and O–H groups in total. The Morgan fingerprint density at radius 3 is 2.22 bits per heavy atom. The zero-order valence-corrected chi connectivity index (χ0v) is 29.5. The van der Waals surface area contributed by atoms with Crippen molar-refractivity contribution in [3.8, 4) is 28.3 Å². The molecular weight excluding hydrogens is 676 g/mol. The summed E-state index contributed by atoms with van der Waals surface area (Å²) >= 11 is 0. The molecule has 0 fully saturated rings. The molecule has 2 heterocycles. The number of benzene rings is 3. The maximum absolute atomic E-state index is 16.0. The number of alkyl halides is 2. The first kappa shape index (κ1) is 36.6. The third-order valence-electron chi connectivity index (χ3n) is 8.42. The average Bonchev–Trinajstić information content (AvgIpc) is 3.51. The Balaban J connectivity index is 1.59. The summed E-state index contributed by atoms with van der Waals surface area (Å²) in [5, 5.41) is 8.45. The average molecular weight is 715 g/mol. The fourth-order valence-corrected chi connectivity index (χ4v) is 5.70. The van der Waals surface area contributed by atoms with Gasteiger partial charge in [0.05, 0.1) is 24.9 Å². The van der Waals surface area contributed by atoms with Crippen LogP contribution in [-0.2, 0) is 31.7 Å². The van der Waals surface area contributed by atoms with Crippen molar-refractivity contribution in [3.05, 3.63) is 83.5 Å². The first-order valence-corrected chi connectivity index (χ1v) is 17.7. The number of anilines is 1. The van der Waals surface area contributed by atoms with Crippen molar-refractivity contribution in [1.82, 2.24) is 15.5 Å². The zero-order chi connectivity index (χ0) is 36.8. The molecule has 0 bridgehead atoms. The summed E-state index contributed by atoms with van der Waals surface area (Å²) in [6.07, 6.45) is -2.25. The fraction of sp³-hybridized carbons (Fsp3) is 0.371. The van der Waals surface area contributed by atoms with E-state index in [-0.39, 0.29) is 18.1 Å². The molecule has 1 aliphatic heterocycles. The van der Waals surface area contributed by atoms with Gasteiger partial charge in [0.2, 0.25) is 19.2 Å². The van der Waals surface area contributed by atoms with Crippen molar-refractivity contribution in [3.63, 3.8) is 0 Å². The molecule has 3 aromatic carbocycles. The van der Waals surface area contributed by atoms with Crippen molar-refractivity contribution in [1.29, 1.82) is 0 Å². The maximum Gasteiger partial charge on any atom is 0.408 e. The number of rotatable bonds is 8. The third-order valence-corrected chi connectivity index (χ3v) is 10.7. The summed E-state index contributed by atoms with van der Waals surface area (Å²) in [6.45, 7) is 8.42. The molecule has 0 saturated carbocycles. The maximum atomic E-state index is 16.0. The highest BCUT2D eigenvalue weighted by Gasteiger charge is 2.47. The summed E-state index contributed by atoms with van der Waals surface area (Å²) in [6, 6.07) is 14.3. The zero-order valence-electron chi connectivity index (χ0n) is 28.6. The van der Waals surface area contributed by atoms with Crippen molar-refractivity contribution in [2.24, 2.45) is 0 Å². The number of hydrogen-bond donors (Lipinski definition) is 2. The molecule has 50 heavy (non-hydrogen) atoms. The molecule has 266 valence electrons. The van der Waals surface area contributed by atoms with E-state index in [1.807, 2.05) is 24.3 Å². The molecule has 4 aromatic rings. The number of carbonyl (C=O) groups is 2. The number of alkyl carbamates (subject to hydrolysis) is 1. The Labute approximate surface area is 287 Å². The normalized spacial score (nSPS) is 17.4. The van der Waals surface area contributed by atoms with Crippen LogP contribution in [0.4, 0.5) is 23.7 Å². The van der Waals surface area contributed by atoms with E-state index in [0.717, 1.165) is 28.8 Å². The second-order valence-electron chi connectivity index (χ2n) is 13.7. The molecule has 0 aliphatic carbocycles. The van der Waals surface area contributed by atoms with Crippen LogP contribution in [0, 0.1) is 5.82 Å². The predicted octanol–water partition coefficient (Wildman–Crippen LogP) is 7.61. The molecule has 2 unspecified atom stereocenters. The first-order valence-electron chi connectivity index (χ1n) is 15.6. The molecule has 5 rings (SSSR count). The Morgan fingerprint density at radius 1 is 1.06 bits per heavy atom. The number of ether oxygens (including phenoxy) is 2. The van der Waals surface area contributed by atoms with Gasteiger partial charge in [-0.2, -0.15) is 0 Å². The van der Waals surface area contributed by atoms with Gasteiger partial charge in [-0.15, -0.1) is 10.2 Å². The number of amides is 2. The molecule has 0 saturated heterocycles. The van der Waals surface area contributed by atoms with E-state index in [2.05, 4.69) is 15.5 Å². The number of aromatic nitrogens is 2. The van der Waals surface area contributed by atoms with Gasteiger partial charge >= 0.3 is 6.09 Å². The Bertz CT molecular complexity index is 1950. The highest BCUT2D eigenvalue weighted by molar-refractivity contribution is 7.58. The number of nitrogens with zero attached hydrogens (tertiary/aromatic N) is 3. The smallest absolute Gasteiger partial charge is 0.408 e. The quantitative estimate of drug-likeness (QED) is 0.176. The van der Waals surface area contributed by atoms with E-state index in [0.29, 0.717) is 17.4 Å². The minimum atomic E-state index is -3.83. The molecule has 11 nitrogen and oxygen atoms in total. The fourth-order valence-electron chi connectivity index (χ4n) is 5.25. The van der Waals surface area contributed by atoms with E-state index in [1.165, 1.54) is 13.8 Å². The minimum absolute atomic E-state index is 0.242. The van der Waals surface area contributed by atoms with Gasteiger partial charge in [-0.1, -0.05) is 36.4 Å². The lowest BCUT2D eigenvalue weighted by atomic mass is 9.99. The van der Waals surface area contributed by atoms with Crippen molar-refractivity contribution >= 4 is 25.1 Å². The number of halogens is 3. The highest BCUT2D eigenvalue weighted by Crippen LogP contribution is 2.56. The standard InChI is InChI=1S/C35H38F3N4O7P/c1-33(2,3)49-32(44)39-27-18-35(37,38)25-17-26(36)24(29-40-41-31(48-29)34(4,5)50(7,45)46)16-28(25)42(30(27)43)19-20-8-10-21(11-9-20)22-12-14-23(47-6)15-13-22/h8-17,27H,18-19H2,1-7H3,(H,39,44)(H,45,46). The molecule has 2 atom stereocenters. The van der Waals surface area contributed by atoms with Gasteiger partial charge in [-0.3, -0.25) is 9.36 Å². The van der Waals surface area contributed by atoms with Gasteiger partial charge in [-0.25, -0.2) is 18.0 Å². The summed E-state index contributed by atoms with van der Waals surface area (Å²) < 4.78 is 76.3. The van der Waals surface area contributed by atoms with Gasteiger partial charge < -0.3 is 29.0 Å². The summed E-state index contributed by atoms with van der Waals surface area (Å²) in [5.74, 6) is -5.89. The lowest BCUT2D eigenvalue weighted by molar-refractivity contribution is -0.123. The van der Waals surface area contributed by atoms with E-state index in [1.54, 1.807) is 52.1 Å². The topological polar surface area (TPSA) is 144 Å². The summed E-state index contributed by atoms with van der Waals surface area (Å²) in [7, 11) is -2.27. The molecular formula is C35H38F3N4O7P. The monoisotopic (exact) mass is 714 g/mol. The van der Waals surface area contributed by atoms with Crippen LogP contribution in [0.2, 0.25) is 0 Å². The van der Waals surface area contributed by atoms with Crippen LogP contribution in [0.15, 0.2) is 65.1 Å². The molecule has 15 heteroatoms. The Morgan fingerprint density at radius 2 is 1.66 bits per heavy atom. The minimum Gasteiger partial charge on any atom is -0.497 e. The van der Waals surface area contributed by atoms with Crippen LogP contribution < -0.4 is 15.0 Å². The SMILES string of the molecule is COc1ccc(-c2ccc(CN3C(=O)C(NC(=O)OC(C)(C)C)CC(F)(F)c4cc(F)c(-c5nnc(C(C)(C)P(C)(=O)O)o5)cc43)cc2)cc1. The highest BCUT2D eigenvalue weighted by atomic mass is 31.2. The van der Waals surface area contributed by atoms with E-state index < -0.39 is 71.3 Å². The van der Waals surface area contributed by atoms with Gasteiger partial charge in [0.1, 0.15) is 28.4 Å². The van der Waals surface area contributed by atoms with E-state index >= 15 is 13.2 Å². The Kier molecular flexibility index (Phi) is 9.68. The van der Waals surface area contributed by atoms with Crippen molar-refractivity contribution in [2.45, 2.75) is 70.3 Å². The second-order valence-corrected chi connectivity index (χ2v) is 16.5. The molecule has 0 radical (unpaired) electrons. The third kappa shape index (κ3) is 7.56. The van der Waals surface area contributed by atoms with Crippen LogP contribution in [0.1, 0.15) is 58.1 Å². The van der Waals surface area contributed by atoms with Gasteiger partial charge in [0, 0.05) is 18.6 Å². The Hall–Kier alpha value is -4.68. The van der Waals surface area contributed by atoms with Crippen LogP contribution in [0.5, 0.6) is 5.75 Å². The van der Waals surface area contributed by atoms with Gasteiger partial charge in [0.25, 0.3) is 11.8 Å². The van der Waals surface area contributed by atoms with Crippen molar-refractivity contribution in [2.75, 3.05) is 18.7 Å². The molecule has 1 aliphatic rings. The molecule has 0 spiro atoms. The van der Waals surface area contributed by atoms with Crippen LogP contribution in [-0.4, -0.2) is 52.5 Å². The summed E-state index contributed by atoms with van der Waals surface area (Å²) in [5.41, 5.74) is -0.283. The van der Waals surface area contributed by atoms with Crippen molar-refractivity contribution < 1.29 is 46.1 Å². The number of methoxy groups -OCH3 is 1. The van der Waals surface area contributed by atoms with Crippen LogP contribution >= 0.6 is 7.37 Å². The van der Waals surface area contributed by atoms with E-state index in [4.69, 9.17) is 13.9 Å². The number of nitrogens with one attached hydrogen (secondary N) is 1. The number of hydrogen-bond acceptors (Lipinski definition) is 8.